The molecule has 0 spiro atoms. The molecule has 0 aliphatic carbocycles. The number of benzene rings is 16. The molecule has 0 unspecified atom stereocenters. The Balaban J connectivity index is 0.743. The summed E-state index contributed by atoms with van der Waals surface area (Å²) in [5, 5.41) is 17.9. The number of fused-ring (bicyclic) bond motifs is 19. The molecule has 6 aromatic heterocycles. The zero-order valence-corrected chi connectivity index (χ0v) is 54.8. The van der Waals surface area contributed by atoms with Gasteiger partial charge in [0.2, 0.25) is 0 Å². The maximum Gasteiger partial charge on any atom is 0.135 e. The van der Waals surface area contributed by atoms with Crippen LogP contribution in [0.25, 0.3) is 176 Å². The van der Waals surface area contributed by atoms with Gasteiger partial charge >= 0.3 is 0 Å². The topological polar surface area (TPSA) is 68.9 Å². The summed E-state index contributed by atoms with van der Waals surface area (Å²) in [6.45, 7) is 0. The van der Waals surface area contributed by atoms with Crippen LogP contribution in [0.15, 0.2) is 357 Å². The fourth-order valence-corrected chi connectivity index (χ4v) is 16.3. The lowest BCUT2D eigenvalue weighted by atomic mass is 9.99. The molecule has 0 atom stereocenters. The Morgan fingerprint density at radius 3 is 1.02 bits per heavy atom. The lowest BCUT2D eigenvalue weighted by Crippen LogP contribution is -2.10. The van der Waals surface area contributed by atoms with Gasteiger partial charge in [-0.2, -0.15) is 0 Å². The van der Waals surface area contributed by atoms with E-state index < -0.39 is 0 Å². The molecule has 22 rings (SSSR count). The van der Waals surface area contributed by atoms with Crippen LogP contribution in [0.1, 0.15) is 0 Å². The van der Waals surface area contributed by atoms with Crippen LogP contribution in [-0.2, 0) is 0 Å². The predicted octanol–water partition coefficient (Wildman–Crippen LogP) is 26.9. The van der Waals surface area contributed by atoms with Crippen LogP contribution in [0, 0.1) is 0 Å². The summed E-state index contributed by atoms with van der Waals surface area (Å²) in [7, 11) is 0. The van der Waals surface area contributed by atoms with E-state index in [1.807, 2.05) is 48.5 Å². The van der Waals surface area contributed by atoms with E-state index in [9.17, 15) is 0 Å². The minimum absolute atomic E-state index is 0.839. The number of furan rings is 4. The van der Waals surface area contributed by atoms with E-state index in [-0.39, 0.29) is 0 Å². The molecule has 476 valence electrons. The fourth-order valence-electron chi connectivity index (χ4n) is 16.3. The maximum absolute atomic E-state index is 6.46. The van der Waals surface area contributed by atoms with Crippen molar-refractivity contribution in [3.05, 3.63) is 340 Å². The van der Waals surface area contributed by atoms with E-state index in [1.54, 1.807) is 0 Å². The van der Waals surface area contributed by atoms with Crippen molar-refractivity contribution in [3.8, 4) is 34.0 Å². The second-order valence-electron chi connectivity index (χ2n) is 26.8. The zero-order chi connectivity index (χ0) is 66.7. The number of hydrogen-bond acceptors (Lipinski definition) is 6. The Kier molecular flexibility index (Phi) is 12.0. The van der Waals surface area contributed by atoms with Crippen molar-refractivity contribution >= 4 is 176 Å². The van der Waals surface area contributed by atoms with Gasteiger partial charge in [0.15, 0.2) is 0 Å². The average molecular weight is 1310 g/mol. The lowest BCUT2D eigenvalue weighted by molar-refractivity contribution is 0.631. The average Bonchev–Trinajstić information content (AvgIpc) is 1.54. The van der Waals surface area contributed by atoms with Gasteiger partial charge in [0.1, 0.15) is 45.0 Å². The van der Waals surface area contributed by atoms with Gasteiger partial charge in [0.05, 0.1) is 22.1 Å². The number of anilines is 6. The minimum Gasteiger partial charge on any atom is -0.456 e. The Hall–Kier alpha value is -13.8. The summed E-state index contributed by atoms with van der Waals surface area (Å²) < 4.78 is 30.7. The highest BCUT2D eigenvalue weighted by atomic mass is 16.3. The number of rotatable bonds is 10. The Bertz CT molecular complexity index is 6730. The molecule has 0 amide bonds. The van der Waals surface area contributed by atoms with Crippen LogP contribution in [0.2, 0.25) is 0 Å². The number of nitrogens with zero attached hydrogens (tertiary/aromatic N) is 4. The van der Waals surface area contributed by atoms with Gasteiger partial charge in [0, 0.05) is 110 Å². The summed E-state index contributed by atoms with van der Waals surface area (Å²) in [6, 6.07) is 122. The first kappa shape index (κ1) is 56.2. The Morgan fingerprint density at radius 1 is 0.196 bits per heavy atom. The number of aromatic nitrogens is 2. The van der Waals surface area contributed by atoms with E-state index in [4.69, 9.17) is 17.7 Å². The fraction of sp³-hybridized carbons (Fsp3) is 0. The molecule has 16 aromatic carbocycles. The second kappa shape index (κ2) is 21.8. The quantitative estimate of drug-likeness (QED) is 0.136. The van der Waals surface area contributed by atoms with Crippen molar-refractivity contribution in [1.82, 2.24) is 9.13 Å². The van der Waals surface area contributed by atoms with Gasteiger partial charge in [-0.15, -0.1) is 0 Å². The van der Waals surface area contributed by atoms with Crippen LogP contribution in [0.3, 0.4) is 0 Å². The summed E-state index contributed by atoms with van der Waals surface area (Å²) in [6.07, 6.45) is 0. The normalized spacial score (nSPS) is 12.1. The van der Waals surface area contributed by atoms with E-state index in [0.717, 1.165) is 188 Å². The molecule has 0 saturated carbocycles. The van der Waals surface area contributed by atoms with Crippen molar-refractivity contribution in [2.75, 3.05) is 9.80 Å². The molecule has 6 heterocycles. The van der Waals surface area contributed by atoms with Crippen LogP contribution in [0.4, 0.5) is 34.1 Å². The second-order valence-corrected chi connectivity index (χ2v) is 26.8. The molecule has 22 aromatic rings. The van der Waals surface area contributed by atoms with Crippen LogP contribution in [0.5, 0.6) is 0 Å². The molecule has 8 heteroatoms. The minimum atomic E-state index is 0.839. The van der Waals surface area contributed by atoms with Gasteiger partial charge in [-0.05, 0) is 202 Å². The Labute approximate surface area is 582 Å². The lowest BCUT2D eigenvalue weighted by Gasteiger charge is -2.26. The summed E-state index contributed by atoms with van der Waals surface area (Å²) >= 11 is 0. The standard InChI is InChI=1S/C94H56N4O4/c1-3-17-65(18-4-1)97-81-43-41-76-75(93(81)77-39-35-71(55-83(77)97)95(69-37-45-89-79(53-69)73-21-9-13-25-87(73)101-89)67-33-31-57-27-29-61(47-63(57)49-67)91-51-59-15-7-11-23-85(59)99-91)42-44-82-94(76)78-40-36-72(56-84(78)98(82)66-19-5-2-6-20-66)96(70-38-46-90-80(54-70)74-22-10-14-26-88(74)102-90)68-34-32-58-28-30-62(48-64(58)50-68)92-52-60-16-8-12-24-86(60)100-92/h1-56H. The SMILES string of the molecule is c1ccc(-n2c3cc(N(c4ccc5ccc(-c6cc7ccccc7o6)cc5c4)c4ccc5oc6ccccc6c5c4)ccc3c3c4ccc5c(c4ccc32)c2ccc(N(c3ccc4ccc(-c6cc7ccccc7o6)cc4c3)c3ccc4oc6ccccc6c4c3)cc2n5-c2ccccc2)cc1. The number of para-hydroxylation sites is 6. The zero-order valence-electron chi connectivity index (χ0n) is 54.8. The van der Waals surface area contributed by atoms with Crippen LogP contribution >= 0.6 is 0 Å². The van der Waals surface area contributed by atoms with Gasteiger partial charge < -0.3 is 36.6 Å². The molecule has 0 radical (unpaired) electrons. The molecular formula is C94H56N4O4. The highest BCUT2D eigenvalue weighted by molar-refractivity contribution is 6.30. The highest BCUT2D eigenvalue weighted by Crippen LogP contribution is 2.49. The van der Waals surface area contributed by atoms with Gasteiger partial charge in [-0.25, -0.2) is 0 Å². The van der Waals surface area contributed by atoms with E-state index in [1.165, 1.54) is 21.5 Å². The van der Waals surface area contributed by atoms with Crippen molar-refractivity contribution in [3.63, 3.8) is 0 Å². The van der Waals surface area contributed by atoms with E-state index in [2.05, 4.69) is 310 Å². The number of hydrogen-bond donors (Lipinski definition) is 0. The summed E-state index contributed by atoms with van der Waals surface area (Å²) in [4.78, 5) is 4.79. The molecule has 0 bridgehead atoms. The van der Waals surface area contributed by atoms with Crippen molar-refractivity contribution in [2.45, 2.75) is 0 Å². The molecule has 0 aliphatic rings. The molecule has 0 fully saturated rings. The van der Waals surface area contributed by atoms with Gasteiger partial charge in [-0.1, -0.05) is 170 Å². The van der Waals surface area contributed by atoms with Crippen LogP contribution < -0.4 is 9.80 Å². The third-order valence-corrected chi connectivity index (χ3v) is 21.0. The first-order valence-corrected chi connectivity index (χ1v) is 34.6. The third-order valence-electron chi connectivity index (χ3n) is 21.0. The molecule has 0 saturated heterocycles. The largest absolute Gasteiger partial charge is 0.456 e. The van der Waals surface area contributed by atoms with Crippen molar-refractivity contribution in [1.29, 1.82) is 0 Å². The first-order valence-electron chi connectivity index (χ1n) is 34.6. The summed E-state index contributed by atoms with van der Waals surface area (Å²) in [5.41, 5.74) is 19.9. The molecular weight excluding hydrogens is 1250 g/mol. The third kappa shape index (κ3) is 8.69. The predicted molar refractivity (Wildman–Crippen MR) is 422 cm³/mol. The van der Waals surface area contributed by atoms with E-state index in [0.29, 0.717) is 0 Å². The molecule has 8 nitrogen and oxygen atoms in total. The van der Waals surface area contributed by atoms with Gasteiger partial charge in [0.25, 0.3) is 0 Å². The molecule has 0 aliphatic heterocycles. The smallest absolute Gasteiger partial charge is 0.135 e. The highest BCUT2D eigenvalue weighted by Gasteiger charge is 2.25. The Morgan fingerprint density at radius 2 is 0.559 bits per heavy atom. The summed E-state index contributed by atoms with van der Waals surface area (Å²) in [5.74, 6) is 1.68. The first-order chi connectivity index (χ1) is 50.5. The van der Waals surface area contributed by atoms with Gasteiger partial charge in [-0.3, -0.25) is 0 Å². The van der Waals surface area contributed by atoms with Crippen molar-refractivity contribution < 1.29 is 17.7 Å². The molecule has 102 heavy (non-hydrogen) atoms. The van der Waals surface area contributed by atoms with Crippen LogP contribution in [-0.4, -0.2) is 9.13 Å². The van der Waals surface area contributed by atoms with E-state index >= 15 is 0 Å². The molecule has 0 N–H and O–H groups in total. The monoisotopic (exact) mass is 1300 g/mol. The maximum atomic E-state index is 6.46. The van der Waals surface area contributed by atoms with Crippen molar-refractivity contribution in [2.24, 2.45) is 0 Å².